The lowest BCUT2D eigenvalue weighted by Gasteiger charge is -2.16. The molecule has 0 aromatic heterocycles. The number of halogens is 1. The molecule has 0 aliphatic carbocycles. The molecule has 1 aromatic carbocycles. The zero-order valence-corrected chi connectivity index (χ0v) is 12.7. The second-order valence-corrected chi connectivity index (χ2v) is 5.38. The minimum atomic E-state index is -0.141. The van der Waals surface area contributed by atoms with Crippen LogP contribution in [0.2, 0.25) is 0 Å². The quantitative estimate of drug-likeness (QED) is 0.673. The van der Waals surface area contributed by atoms with E-state index in [9.17, 15) is 4.79 Å². The first-order chi connectivity index (χ1) is 9.10. The second-order valence-electron chi connectivity index (χ2n) is 4.59. The molecular formula is C14H21BrN2O2. The molecule has 1 amide bonds. The normalized spacial score (nSPS) is 12.2. The van der Waals surface area contributed by atoms with Gasteiger partial charge in [-0.15, -0.1) is 0 Å². The number of nitrogens with one attached hydrogen (secondary N) is 1. The molecule has 0 saturated carbocycles. The highest BCUT2D eigenvalue weighted by Gasteiger charge is 2.14. The van der Waals surface area contributed by atoms with E-state index in [2.05, 4.69) is 28.2 Å². The third kappa shape index (κ3) is 4.84. The highest BCUT2D eigenvalue weighted by atomic mass is 79.9. The van der Waals surface area contributed by atoms with E-state index >= 15 is 0 Å². The van der Waals surface area contributed by atoms with Gasteiger partial charge in [0.1, 0.15) is 0 Å². The van der Waals surface area contributed by atoms with E-state index in [0.717, 1.165) is 12.8 Å². The molecule has 1 unspecified atom stereocenters. The topological polar surface area (TPSA) is 75.3 Å². The fraction of sp³-hybridized carbons (Fsp3) is 0.500. The van der Waals surface area contributed by atoms with Gasteiger partial charge >= 0.3 is 0 Å². The maximum Gasteiger partial charge on any atom is 0.252 e. The minimum absolute atomic E-state index is 0.141. The number of aliphatic hydroxyl groups is 1. The number of nitrogens with two attached hydrogens (primary N) is 1. The fourth-order valence-corrected chi connectivity index (χ4v) is 2.44. The van der Waals surface area contributed by atoms with Gasteiger partial charge in [-0.05, 0) is 46.8 Å². The zero-order valence-electron chi connectivity index (χ0n) is 11.2. The molecule has 0 heterocycles. The van der Waals surface area contributed by atoms with Crippen LogP contribution in [0.15, 0.2) is 22.7 Å². The van der Waals surface area contributed by atoms with Gasteiger partial charge in [0.15, 0.2) is 0 Å². The van der Waals surface area contributed by atoms with E-state index in [1.807, 2.05) is 0 Å². The van der Waals surface area contributed by atoms with Crippen molar-refractivity contribution < 1.29 is 9.90 Å². The SMILES string of the molecule is CCCC(CCO)CNC(=O)c1cccc(N)c1Br. The summed E-state index contributed by atoms with van der Waals surface area (Å²) in [6.07, 6.45) is 2.76. The molecule has 4 N–H and O–H groups in total. The number of hydrogen-bond donors (Lipinski definition) is 3. The van der Waals surface area contributed by atoms with E-state index in [4.69, 9.17) is 10.8 Å². The smallest absolute Gasteiger partial charge is 0.252 e. The Morgan fingerprint density at radius 1 is 1.47 bits per heavy atom. The van der Waals surface area contributed by atoms with Gasteiger partial charge in [0, 0.05) is 18.8 Å². The van der Waals surface area contributed by atoms with Gasteiger partial charge < -0.3 is 16.2 Å². The summed E-state index contributed by atoms with van der Waals surface area (Å²) < 4.78 is 0.627. The van der Waals surface area contributed by atoms with E-state index in [-0.39, 0.29) is 12.5 Å². The Morgan fingerprint density at radius 3 is 2.84 bits per heavy atom. The second kappa shape index (κ2) is 8.17. The lowest BCUT2D eigenvalue weighted by atomic mass is 10.00. The van der Waals surface area contributed by atoms with Crippen molar-refractivity contribution in [1.29, 1.82) is 0 Å². The number of benzene rings is 1. The van der Waals surface area contributed by atoms with Crippen molar-refractivity contribution in [2.24, 2.45) is 5.92 Å². The molecule has 5 heteroatoms. The summed E-state index contributed by atoms with van der Waals surface area (Å²) in [4.78, 5) is 12.1. The maximum absolute atomic E-state index is 12.1. The van der Waals surface area contributed by atoms with E-state index in [1.165, 1.54) is 0 Å². The summed E-state index contributed by atoms with van der Waals surface area (Å²) in [6.45, 7) is 2.83. The summed E-state index contributed by atoms with van der Waals surface area (Å²) in [5.74, 6) is 0.178. The predicted octanol–water partition coefficient (Wildman–Crippen LogP) is 2.56. The summed E-state index contributed by atoms with van der Waals surface area (Å²) in [7, 11) is 0. The number of anilines is 1. The number of rotatable bonds is 7. The molecule has 0 saturated heterocycles. The summed E-state index contributed by atoms with van der Waals surface area (Å²) in [5, 5.41) is 11.9. The molecule has 1 rings (SSSR count). The van der Waals surface area contributed by atoms with Crippen LogP contribution in [0.3, 0.4) is 0 Å². The molecule has 106 valence electrons. The number of nitrogen functional groups attached to an aromatic ring is 1. The first-order valence-corrected chi connectivity index (χ1v) is 7.32. The average Bonchev–Trinajstić information content (AvgIpc) is 2.39. The molecule has 0 aliphatic rings. The Bertz CT molecular complexity index is 418. The van der Waals surface area contributed by atoms with Gasteiger partial charge in [-0.3, -0.25) is 4.79 Å². The standard InChI is InChI=1S/C14H21BrN2O2/c1-2-4-10(7-8-18)9-17-14(19)11-5-3-6-12(16)13(11)15/h3,5-6,10,18H,2,4,7-9,16H2,1H3,(H,17,19). The van der Waals surface area contributed by atoms with Crippen LogP contribution in [-0.2, 0) is 0 Å². The van der Waals surface area contributed by atoms with E-state index < -0.39 is 0 Å². The van der Waals surface area contributed by atoms with Crippen LogP contribution >= 0.6 is 15.9 Å². The lowest BCUT2D eigenvalue weighted by Crippen LogP contribution is -2.30. The lowest BCUT2D eigenvalue weighted by molar-refractivity contribution is 0.0942. The average molecular weight is 329 g/mol. The minimum Gasteiger partial charge on any atom is -0.398 e. The largest absolute Gasteiger partial charge is 0.398 e. The van der Waals surface area contributed by atoms with Crippen LogP contribution in [0.4, 0.5) is 5.69 Å². The summed E-state index contributed by atoms with van der Waals surface area (Å²) in [6, 6.07) is 5.23. The van der Waals surface area contributed by atoms with Gasteiger partial charge in [-0.2, -0.15) is 0 Å². The number of carbonyl (C=O) groups excluding carboxylic acids is 1. The molecule has 4 nitrogen and oxygen atoms in total. The maximum atomic E-state index is 12.1. The Balaban J connectivity index is 2.61. The van der Waals surface area contributed by atoms with Crippen molar-refractivity contribution in [3.8, 4) is 0 Å². The molecular weight excluding hydrogens is 308 g/mol. The van der Waals surface area contributed by atoms with Crippen molar-refractivity contribution in [3.05, 3.63) is 28.2 Å². The zero-order chi connectivity index (χ0) is 14.3. The van der Waals surface area contributed by atoms with Crippen LogP contribution < -0.4 is 11.1 Å². The number of aliphatic hydroxyl groups excluding tert-OH is 1. The molecule has 0 aliphatic heterocycles. The van der Waals surface area contributed by atoms with Gasteiger partial charge in [-0.1, -0.05) is 19.4 Å². The van der Waals surface area contributed by atoms with Gasteiger partial charge in [-0.25, -0.2) is 0 Å². The van der Waals surface area contributed by atoms with Crippen molar-refractivity contribution in [2.75, 3.05) is 18.9 Å². The van der Waals surface area contributed by atoms with Crippen LogP contribution in [0, 0.1) is 5.92 Å². The molecule has 0 fully saturated rings. The van der Waals surface area contributed by atoms with Gasteiger partial charge in [0.25, 0.3) is 5.91 Å². The van der Waals surface area contributed by atoms with E-state index in [0.29, 0.717) is 34.6 Å². The Morgan fingerprint density at radius 2 is 2.21 bits per heavy atom. The Labute approximate surface area is 122 Å². The Kier molecular flexibility index (Phi) is 6.87. The van der Waals surface area contributed by atoms with Crippen LogP contribution in [0.25, 0.3) is 0 Å². The number of hydrogen-bond acceptors (Lipinski definition) is 3. The summed E-state index contributed by atoms with van der Waals surface area (Å²) >= 11 is 3.32. The van der Waals surface area contributed by atoms with E-state index in [1.54, 1.807) is 18.2 Å². The van der Waals surface area contributed by atoms with Gasteiger partial charge in [0.2, 0.25) is 0 Å². The molecule has 19 heavy (non-hydrogen) atoms. The molecule has 0 spiro atoms. The van der Waals surface area contributed by atoms with Gasteiger partial charge in [0.05, 0.1) is 10.0 Å². The molecule has 1 aromatic rings. The highest BCUT2D eigenvalue weighted by molar-refractivity contribution is 9.10. The number of carbonyl (C=O) groups is 1. The fourth-order valence-electron chi connectivity index (χ4n) is 2.00. The van der Waals surface area contributed by atoms with Crippen LogP contribution in [0.1, 0.15) is 36.5 Å². The van der Waals surface area contributed by atoms with Crippen molar-refractivity contribution in [2.45, 2.75) is 26.2 Å². The van der Waals surface area contributed by atoms with Crippen molar-refractivity contribution in [1.82, 2.24) is 5.32 Å². The van der Waals surface area contributed by atoms with Crippen molar-refractivity contribution >= 4 is 27.5 Å². The predicted molar refractivity (Wildman–Crippen MR) is 81.0 cm³/mol. The van der Waals surface area contributed by atoms with Crippen LogP contribution in [-0.4, -0.2) is 24.2 Å². The van der Waals surface area contributed by atoms with Crippen molar-refractivity contribution in [3.63, 3.8) is 0 Å². The molecule has 0 radical (unpaired) electrons. The third-order valence-corrected chi connectivity index (χ3v) is 3.94. The monoisotopic (exact) mass is 328 g/mol. The first kappa shape index (κ1) is 16.0. The third-order valence-electron chi connectivity index (χ3n) is 3.06. The first-order valence-electron chi connectivity index (χ1n) is 6.53. The molecule has 0 bridgehead atoms. The van der Waals surface area contributed by atoms with Crippen LogP contribution in [0.5, 0.6) is 0 Å². The highest BCUT2D eigenvalue weighted by Crippen LogP contribution is 2.23. The molecule has 1 atom stereocenters. The summed E-state index contributed by atoms with van der Waals surface area (Å²) in [5.41, 5.74) is 6.84. The Hall–Kier alpha value is -1.07. The number of amides is 1.